The van der Waals surface area contributed by atoms with Crippen LogP contribution >= 0.6 is 0 Å². The van der Waals surface area contributed by atoms with E-state index in [1.54, 1.807) is 0 Å². The van der Waals surface area contributed by atoms with Crippen LogP contribution in [-0.4, -0.2) is 59.3 Å². The molecule has 1 spiro atoms. The Balaban J connectivity index is 1.85. The Morgan fingerprint density at radius 1 is 1.41 bits per heavy atom. The van der Waals surface area contributed by atoms with E-state index in [0.717, 1.165) is 36.3 Å². The van der Waals surface area contributed by atoms with Crippen LogP contribution in [0.25, 0.3) is 0 Å². The van der Waals surface area contributed by atoms with E-state index < -0.39 is 23.1 Å². The summed E-state index contributed by atoms with van der Waals surface area (Å²) in [6.07, 6.45) is 1.65. The van der Waals surface area contributed by atoms with Gasteiger partial charge in [-0.25, -0.2) is 0 Å². The van der Waals surface area contributed by atoms with Crippen LogP contribution in [0.15, 0.2) is 40.9 Å². The SMILES string of the molecule is CC=C1CN2CC[C@@]34C(=Nc5ccccc53)[C@](C(=O)OC)(C(O)O)[C@H]1C[C@H]24. The highest BCUT2D eigenvalue weighted by Crippen LogP contribution is 2.64. The van der Waals surface area contributed by atoms with Gasteiger partial charge in [0.1, 0.15) is 0 Å². The standard InChI is InChI=1S/C21H24N2O4/c1-3-12-11-23-9-8-20-13-6-4-5-7-15(13)22-17(20)21(18(24)25,19(26)27-2)14(12)10-16(20)23/h3-7,14,16,18,24-25H,8-11H2,1-2H3/t14-,16-,20+,21-/m0/s1. The fourth-order valence-corrected chi connectivity index (χ4v) is 6.31. The van der Waals surface area contributed by atoms with Gasteiger partial charge < -0.3 is 14.9 Å². The predicted molar refractivity (Wildman–Crippen MR) is 99.7 cm³/mol. The number of ether oxygens (including phenoxy) is 1. The molecule has 6 heteroatoms. The van der Waals surface area contributed by atoms with Gasteiger partial charge in [0.25, 0.3) is 0 Å². The number of benzene rings is 1. The van der Waals surface area contributed by atoms with Crippen molar-refractivity contribution in [1.29, 1.82) is 0 Å². The second-order valence-electron chi connectivity index (χ2n) is 8.07. The van der Waals surface area contributed by atoms with Gasteiger partial charge in [0.2, 0.25) is 0 Å². The van der Waals surface area contributed by atoms with Crippen LogP contribution in [0.3, 0.4) is 0 Å². The van der Waals surface area contributed by atoms with Crippen molar-refractivity contribution >= 4 is 17.4 Å². The van der Waals surface area contributed by atoms with Gasteiger partial charge in [-0.3, -0.25) is 14.7 Å². The summed E-state index contributed by atoms with van der Waals surface area (Å²) in [5.74, 6) is -0.929. The van der Waals surface area contributed by atoms with Crippen molar-refractivity contribution in [3.8, 4) is 0 Å². The molecule has 1 aromatic rings. The maximum absolute atomic E-state index is 13.2. The van der Waals surface area contributed by atoms with Gasteiger partial charge in [-0.2, -0.15) is 0 Å². The highest BCUT2D eigenvalue weighted by Gasteiger charge is 2.73. The molecule has 3 heterocycles. The van der Waals surface area contributed by atoms with Gasteiger partial charge in [0.05, 0.1) is 23.9 Å². The highest BCUT2D eigenvalue weighted by molar-refractivity contribution is 6.17. The van der Waals surface area contributed by atoms with Gasteiger partial charge in [0, 0.05) is 25.0 Å². The Hall–Kier alpha value is -2.02. The summed E-state index contributed by atoms with van der Waals surface area (Å²) >= 11 is 0. The number of esters is 1. The summed E-state index contributed by atoms with van der Waals surface area (Å²) in [7, 11) is 1.31. The number of nitrogens with zero attached hydrogens (tertiary/aromatic N) is 2. The molecule has 27 heavy (non-hydrogen) atoms. The quantitative estimate of drug-likeness (QED) is 0.470. The van der Waals surface area contributed by atoms with Crippen molar-refractivity contribution < 1.29 is 19.7 Å². The molecular formula is C21H24N2O4. The number of aliphatic imine (C=N–C) groups is 1. The van der Waals surface area contributed by atoms with Crippen LogP contribution in [0, 0.1) is 11.3 Å². The van der Waals surface area contributed by atoms with E-state index in [-0.39, 0.29) is 12.0 Å². The number of piperidine rings is 1. The third kappa shape index (κ3) is 1.77. The van der Waals surface area contributed by atoms with Gasteiger partial charge in [-0.05, 0) is 31.4 Å². The van der Waals surface area contributed by atoms with Gasteiger partial charge in [0.15, 0.2) is 11.7 Å². The first-order valence-corrected chi connectivity index (χ1v) is 9.54. The highest BCUT2D eigenvalue weighted by atomic mass is 16.5. The summed E-state index contributed by atoms with van der Waals surface area (Å²) in [5, 5.41) is 21.3. The third-order valence-electron chi connectivity index (χ3n) is 7.38. The van der Waals surface area contributed by atoms with Crippen LogP contribution in [-0.2, 0) is 14.9 Å². The lowest BCUT2D eigenvalue weighted by Gasteiger charge is -2.56. The lowest BCUT2D eigenvalue weighted by Crippen LogP contribution is -2.69. The van der Waals surface area contributed by atoms with Crippen LogP contribution in [0.2, 0.25) is 0 Å². The smallest absolute Gasteiger partial charge is 0.323 e. The molecule has 0 aromatic heterocycles. The average molecular weight is 368 g/mol. The zero-order valence-electron chi connectivity index (χ0n) is 15.6. The molecule has 6 nitrogen and oxygen atoms in total. The molecule has 1 aromatic carbocycles. The van der Waals surface area contributed by atoms with Crippen molar-refractivity contribution in [2.45, 2.75) is 37.5 Å². The average Bonchev–Trinajstić information content (AvgIpc) is 3.23. The lowest BCUT2D eigenvalue weighted by atomic mass is 9.50. The number of para-hydroxylation sites is 1. The van der Waals surface area contributed by atoms with Crippen molar-refractivity contribution in [1.82, 2.24) is 4.90 Å². The van der Waals surface area contributed by atoms with E-state index in [1.807, 2.05) is 31.2 Å². The molecule has 2 N–H and O–H groups in total. The first kappa shape index (κ1) is 17.1. The molecule has 2 bridgehead atoms. The molecule has 2 saturated heterocycles. The molecule has 1 saturated carbocycles. The Kier molecular flexibility index (Phi) is 3.48. The molecule has 5 rings (SSSR count). The minimum absolute atomic E-state index is 0.213. The van der Waals surface area contributed by atoms with Gasteiger partial charge >= 0.3 is 5.97 Å². The summed E-state index contributed by atoms with van der Waals surface area (Å²) in [5.41, 5.74) is 1.55. The van der Waals surface area contributed by atoms with E-state index in [1.165, 1.54) is 7.11 Å². The molecule has 0 amide bonds. The first-order valence-electron chi connectivity index (χ1n) is 9.54. The number of fused-ring (bicyclic) bond motifs is 2. The zero-order valence-corrected chi connectivity index (χ0v) is 15.6. The Morgan fingerprint density at radius 2 is 2.19 bits per heavy atom. The number of methoxy groups -OCH3 is 1. The topological polar surface area (TPSA) is 82.4 Å². The third-order valence-corrected chi connectivity index (χ3v) is 7.38. The fraction of sp³-hybridized carbons (Fsp3) is 0.524. The second-order valence-corrected chi connectivity index (χ2v) is 8.07. The number of rotatable bonds is 2. The Bertz CT molecular complexity index is 892. The number of carbonyl (C=O) groups is 1. The van der Waals surface area contributed by atoms with Crippen molar-refractivity contribution in [3.05, 3.63) is 41.5 Å². The van der Waals surface area contributed by atoms with Crippen LogP contribution < -0.4 is 0 Å². The fourth-order valence-electron chi connectivity index (χ4n) is 6.31. The first-order chi connectivity index (χ1) is 13.0. The number of aliphatic hydroxyl groups excluding tert-OH is 1. The molecule has 3 fully saturated rings. The normalized spacial score (nSPS) is 38.0. The van der Waals surface area contributed by atoms with E-state index >= 15 is 0 Å². The Labute approximate surface area is 158 Å². The number of aliphatic hydroxyl groups is 2. The number of carbonyl (C=O) groups excluding carboxylic acids is 1. The van der Waals surface area contributed by atoms with Crippen LogP contribution in [0.5, 0.6) is 0 Å². The molecule has 142 valence electrons. The van der Waals surface area contributed by atoms with Gasteiger partial charge in [-0.15, -0.1) is 0 Å². The summed E-state index contributed by atoms with van der Waals surface area (Å²) in [6, 6.07) is 8.17. The summed E-state index contributed by atoms with van der Waals surface area (Å²) in [4.78, 5) is 20.5. The molecule has 3 aliphatic heterocycles. The van der Waals surface area contributed by atoms with Crippen molar-refractivity contribution in [2.24, 2.45) is 16.3 Å². The second kappa shape index (κ2) is 5.50. The maximum atomic E-state index is 13.2. The lowest BCUT2D eigenvalue weighted by molar-refractivity contribution is -0.183. The molecule has 0 radical (unpaired) electrons. The number of allylic oxidation sites excluding steroid dienone is 1. The molecule has 1 aliphatic carbocycles. The van der Waals surface area contributed by atoms with Crippen molar-refractivity contribution in [3.63, 3.8) is 0 Å². The maximum Gasteiger partial charge on any atom is 0.323 e. The summed E-state index contributed by atoms with van der Waals surface area (Å²) in [6.45, 7) is 3.60. The van der Waals surface area contributed by atoms with Gasteiger partial charge in [-0.1, -0.05) is 29.8 Å². The van der Waals surface area contributed by atoms with E-state index in [4.69, 9.17) is 9.73 Å². The van der Waals surface area contributed by atoms with E-state index in [0.29, 0.717) is 12.1 Å². The van der Waals surface area contributed by atoms with E-state index in [2.05, 4.69) is 11.0 Å². The minimum atomic E-state index is -1.87. The van der Waals surface area contributed by atoms with Crippen molar-refractivity contribution in [2.75, 3.05) is 20.2 Å². The molecule has 0 unspecified atom stereocenters. The zero-order chi connectivity index (χ0) is 19.0. The predicted octanol–water partition coefficient (Wildman–Crippen LogP) is 1.53. The minimum Gasteiger partial charge on any atom is -0.468 e. The summed E-state index contributed by atoms with van der Waals surface area (Å²) < 4.78 is 5.17. The number of hydrogen-bond donors (Lipinski definition) is 2. The van der Waals surface area contributed by atoms with Crippen LogP contribution in [0.4, 0.5) is 5.69 Å². The van der Waals surface area contributed by atoms with Crippen LogP contribution in [0.1, 0.15) is 25.3 Å². The molecule has 4 atom stereocenters. The monoisotopic (exact) mass is 368 g/mol. The molecule has 4 aliphatic rings. The Morgan fingerprint density at radius 3 is 2.89 bits per heavy atom. The van der Waals surface area contributed by atoms with E-state index in [9.17, 15) is 15.0 Å². The largest absolute Gasteiger partial charge is 0.468 e. The number of hydrogen-bond acceptors (Lipinski definition) is 6. The molecular weight excluding hydrogens is 344 g/mol.